The number of ether oxygens (including phenoxy) is 1. The van der Waals surface area contributed by atoms with Gasteiger partial charge in [0, 0.05) is 0 Å². The molecule has 0 bridgehead atoms. The van der Waals surface area contributed by atoms with E-state index in [1.165, 1.54) is 0 Å². The molecule has 0 aliphatic rings. The van der Waals surface area contributed by atoms with E-state index in [-0.39, 0.29) is 18.0 Å². The normalized spacial score (nSPS) is 10.7. The quantitative estimate of drug-likeness (QED) is 0.601. The van der Waals surface area contributed by atoms with E-state index < -0.39 is 10.0 Å². The predicted octanol–water partition coefficient (Wildman–Crippen LogP) is 3.39. The molecule has 2 aromatic rings. The van der Waals surface area contributed by atoms with Crippen molar-refractivity contribution in [1.82, 2.24) is 4.72 Å². The van der Waals surface area contributed by atoms with Crippen molar-refractivity contribution in [2.45, 2.75) is 25.2 Å². The lowest BCUT2D eigenvalue weighted by Crippen LogP contribution is -2.24. The summed E-state index contributed by atoms with van der Waals surface area (Å²) in [5, 5.41) is 0. The van der Waals surface area contributed by atoms with Gasteiger partial charge >= 0.3 is 0 Å². The summed E-state index contributed by atoms with van der Waals surface area (Å²) < 4.78 is 32.8. The highest BCUT2D eigenvalue weighted by Gasteiger charge is 2.15. The molecular weight excluding hydrogens is 346 g/mol. The van der Waals surface area contributed by atoms with Crippen molar-refractivity contribution < 1.29 is 13.2 Å². The van der Waals surface area contributed by atoms with E-state index in [4.69, 9.17) is 4.74 Å². The summed E-state index contributed by atoms with van der Waals surface area (Å²) in [6, 6.07) is 12.9. The van der Waals surface area contributed by atoms with Crippen LogP contribution in [0.25, 0.3) is 0 Å². The van der Waals surface area contributed by atoms with Gasteiger partial charge in [0.15, 0.2) is 0 Å². The van der Waals surface area contributed by atoms with Gasteiger partial charge in [0.1, 0.15) is 12.4 Å². The summed E-state index contributed by atoms with van der Waals surface area (Å²) >= 11 is 0. The van der Waals surface area contributed by atoms with Crippen LogP contribution in [-0.2, 0) is 16.4 Å². The van der Waals surface area contributed by atoms with Crippen LogP contribution in [-0.4, -0.2) is 21.6 Å². The molecule has 0 aliphatic carbocycles. The molecule has 4 nitrogen and oxygen atoms in total. The zero-order chi connectivity index (χ0) is 19.0. The first-order valence-electron chi connectivity index (χ1n) is 8.28. The molecule has 0 amide bonds. The molecular formula is C21H23NO3S. The number of aryl methyl sites for hydroxylation is 2. The van der Waals surface area contributed by atoms with Crippen LogP contribution in [0.1, 0.15) is 16.7 Å². The molecule has 0 aliphatic heterocycles. The fourth-order valence-electron chi connectivity index (χ4n) is 2.51. The zero-order valence-electron chi connectivity index (χ0n) is 15.1. The molecule has 0 heterocycles. The molecule has 0 fully saturated rings. The Bertz CT molecular complexity index is 937. The Morgan fingerprint density at radius 1 is 1.15 bits per heavy atom. The van der Waals surface area contributed by atoms with Gasteiger partial charge in [-0.15, -0.1) is 6.58 Å². The maximum atomic E-state index is 12.3. The van der Waals surface area contributed by atoms with Crippen LogP contribution in [0.5, 0.6) is 5.75 Å². The number of benzene rings is 2. The van der Waals surface area contributed by atoms with E-state index in [0.29, 0.717) is 5.56 Å². The predicted molar refractivity (Wildman–Crippen MR) is 105 cm³/mol. The SMILES string of the molecule is C=CCc1ccccc1OCC#CCNS(=O)(=O)c1ccc(C)cc1C. The van der Waals surface area contributed by atoms with E-state index in [1.54, 1.807) is 19.1 Å². The van der Waals surface area contributed by atoms with Crippen LogP contribution in [0.2, 0.25) is 0 Å². The highest BCUT2D eigenvalue weighted by molar-refractivity contribution is 7.89. The number of para-hydroxylation sites is 1. The van der Waals surface area contributed by atoms with E-state index in [9.17, 15) is 8.42 Å². The lowest BCUT2D eigenvalue weighted by Gasteiger charge is -2.08. The molecule has 0 saturated carbocycles. The minimum atomic E-state index is -3.57. The Balaban J connectivity index is 1.90. The average molecular weight is 369 g/mol. The smallest absolute Gasteiger partial charge is 0.241 e. The topological polar surface area (TPSA) is 55.4 Å². The maximum absolute atomic E-state index is 12.3. The van der Waals surface area contributed by atoms with Crippen molar-refractivity contribution in [2.75, 3.05) is 13.2 Å². The van der Waals surface area contributed by atoms with Crippen molar-refractivity contribution in [2.24, 2.45) is 0 Å². The van der Waals surface area contributed by atoms with Gasteiger partial charge in [0.25, 0.3) is 0 Å². The molecule has 0 radical (unpaired) electrons. The second-order valence-corrected chi connectivity index (χ2v) is 7.57. The standard InChI is InChI=1S/C21H23NO3S/c1-4-9-19-10-5-6-11-20(19)25-15-8-7-14-22-26(23,24)21-13-12-17(2)16-18(21)3/h4-6,10-13,16,22H,1,9,14-15H2,2-3H3. The number of allylic oxidation sites excluding steroid dienone is 1. The van der Waals surface area contributed by atoms with Gasteiger partial charge in [-0.1, -0.05) is 53.8 Å². The highest BCUT2D eigenvalue weighted by atomic mass is 32.2. The van der Waals surface area contributed by atoms with Crippen molar-refractivity contribution in [3.8, 4) is 17.6 Å². The third-order valence-electron chi connectivity index (χ3n) is 3.73. The number of sulfonamides is 1. The van der Waals surface area contributed by atoms with Gasteiger partial charge in [0.05, 0.1) is 11.4 Å². The van der Waals surface area contributed by atoms with Crippen LogP contribution < -0.4 is 9.46 Å². The van der Waals surface area contributed by atoms with Gasteiger partial charge in [-0.3, -0.25) is 0 Å². The third-order valence-corrected chi connectivity index (χ3v) is 5.29. The van der Waals surface area contributed by atoms with Crippen molar-refractivity contribution in [1.29, 1.82) is 0 Å². The first kappa shape index (κ1) is 19.8. The van der Waals surface area contributed by atoms with Gasteiger partial charge < -0.3 is 4.74 Å². The van der Waals surface area contributed by atoms with E-state index >= 15 is 0 Å². The fraction of sp³-hybridized carbons (Fsp3) is 0.238. The molecule has 0 aromatic heterocycles. The minimum absolute atomic E-state index is 0.0350. The first-order chi connectivity index (χ1) is 12.4. The van der Waals surface area contributed by atoms with Crippen molar-refractivity contribution in [3.63, 3.8) is 0 Å². The number of hydrogen-bond donors (Lipinski definition) is 1. The molecule has 0 spiro atoms. The Morgan fingerprint density at radius 2 is 1.92 bits per heavy atom. The molecule has 0 atom stereocenters. The van der Waals surface area contributed by atoms with Gasteiger partial charge in [-0.2, -0.15) is 4.72 Å². The maximum Gasteiger partial charge on any atom is 0.241 e. The molecule has 1 N–H and O–H groups in total. The van der Waals surface area contributed by atoms with Crippen molar-refractivity contribution >= 4 is 10.0 Å². The number of nitrogens with one attached hydrogen (secondary N) is 1. The molecule has 0 saturated heterocycles. The zero-order valence-corrected chi connectivity index (χ0v) is 15.9. The molecule has 2 aromatic carbocycles. The Hall–Kier alpha value is -2.55. The number of rotatable bonds is 7. The average Bonchev–Trinajstić information content (AvgIpc) is 2.59. The van der Waals surface area contributed by atoms with Crippen LogP contribution in [0.4, 0.5) is 0 Å². The summed E-state index contributed by atoms with van der Waals surface area (Å²) in [4.78, 5) is 0.277. The summed E-state index contributed by atoms with van der Waals surface area (Å²) in [6.07, 6.45) is 2.54. The molecule has 0 unspecified atom stereocenters. The van der Waals surface area contributed by atoms with E-state index in [0.717, 1.165) is 23.3 Å². The molecule has 5 heteroatoms. The van der Waals surface area contributed by atoms with E-state index in [1.807, 2.05) is 43.3 Å². The molecule has 2 rings (SSSR count). The van der Waals surface area contributed by atoms with Gasteiger partial charge in [0.2, 0.25) is 10.0 Å². The summed E-state index contributed by atoms with van der Waals surface area (Å²) in [5.74, 6) is 6.37. The van der Waals surface area contributed by atoms with Crippen molar-refractivity contribution in [3.05, 3.63) is 71.8 Å². The largest absolute Gasteiger partial charge is 0.481 e. The van der Waals surface area contributed by atoms with Gasteiger partial charge in [-0.25, -0.2) is 8.42 Å². The summed E-state index contributed by atoms with van der Waals surface area (Å²) in [7, 11) is -3.57. The molecule has 26 heavy (non-hydrogen) atoms. The Kier molecular flexibility index (Phi) is 7.02. The second-order valence-electron chi connectivity index (χ2n) is 5.84. The van der Waals surface area contributed by atoms with Crippen LogP contribution in [0.3, 0.4) is 0 Å². The fourth-order valence-corrected chi connectivity index (χ4v) is 3.65. The van der Waals surface area contributed by atoms with Crippen LogP contribution >= 0.6 is 0 Å². The third kappa shape index (κ3) is 5.48. The highest BCUT2D eigenvalue weighted by Crippen LogP contribution is 2.18. The Labute approximate surface area is 156 Å². The Morgan fingerprint density at radius 3 is 2.65 bits per heavy atom. The lowest BCUT2D eigenvalue weighted by molar-refractivity contribution is 0.366. The van der Waals surface area contributed by atoms with E-state index in [2.05, 4.69) is 23.1 Å². The minimum Gasteiger partial charge on any atom is -0.481 e. The summed E-state index contributed by atoms with van der Waals surface area (Å²) in [5.41, 5.74) is 2.78. The monoisotopic (exact) mass is 369 g/mol. The lowest BCUT2D eigenvalue weighted by atomic mass is 10.1. The van der Waals surface area contributed by atoms with Crippen LogP contribution in [0, 0.1) is 25.7 Å². The first-order valence-corrected chi connectivity index (χ1v) is 9.76. The molecule has 136 valence electrons. The summed E-state index contributed by atoms with van der Waals surface area (Å²) in [6.45, 7) is 7.66. The number of hydrogen-bond acceptors (Lipinski definition) is 3. The van der Waals surface area contributed by atoms with Crippen LogP contribution in [0.15, 0.2) is 60.0 Å². The second kappa shape index (κ2) is 9.23. The van der Waals surface area contributed by atoms with Gasteiger partial charge in [-0.05, 0) is 43.5 Å².